The number of hydrogen-bond donors (Lipinski definition) is 3. The molecule has 2 unspecified atom stereocenters. The van der Waals surface area contributed by atoms with Gasteiger partial charge in [0.05, 0.1) is 16.3 Å². The molecular formula is C14H23N3O2S. The zero-order chi connectivity index (χ0) is 14.8. The largest absolute Gasteiger partial charge is 0.397 e. The first kappa shape index (κ1) is 15.1. The van der Waals surface area contributed by atoms with E-state index in [0.29, 0.717) is 17.4 Å². The molecule has 0 aromatic heterocycles. The van der Waals surface area contributed by atoms with Gasteiger partial charge in [0.1, 0.15) is 0 Å². The summed E-state index contributed by atoms with van der Waals surface area (Å²) in [4.78, 5) is 0.0945. The number of sulfonamides is 1. The van der Waals surface area contributed by atoms with Gasteiger partial charge in [0.15, 0.2) is 0 Å². The van der Waals surface area contributed by atoms with Crippen molar-refractivity contribution in [3.63, 3.8) is 0 Å². The molecule has 2 rings (SSSR count). The van der Waals surface area contributed by atoms with E-state index >= 15 is 0 Å². The van der Waals surface area contributed by atoms with Crippen molar-refractivity contribution in [2.75, 3.05) is 11.1 Å². The summed E-state index contributed by atoms with van der Waals surface area (Å²) in [5, 5.41) is 8.54. The Morgan fingerprint density at radius 1 is 1.35 bits per heavy atom. The van der Waals surface area contributed by atoms with E-state index in [4.69, 9.17) is 10.9 Å². The summed E-state index contributed by atoms with van der Waals surface area (Å²) in [7, 11) is -3.69. The van der Waals surface area contributed by atoms with Crippen LogP contribution in [-0.2, 0) is 10.0 Å². The average molecular weight is 297 g/mol. The first-order valence-corrected chi connectivity index (χ1v) is 8.63. The van der Waals surface area contributed by atoms with Crippen LogP contribution in [0.15, 0.2) is 23.1 Å². The molecule has 5 nitrogen and oxygen atoms in total. The lowest BCUT2D eigenvalue weighted by Gasteiger charge is -2.30. The van der Waals surface area contributed by atoms with Gasteiger partial charge in [-0.05, 0) is 37.0 Å². The zero-order valence-corrected chi connectivity index (χ0v) is 12.6. The number of benzene rings is 1. The molecule has 1 aliphatic carbocycles. The maximum atomic E-state index is 11.4. The Hall–Kier alpha value is -1.27. The van der Waals surface area contributed by atoms with Crippen LogP contribution >= 0.6 is 0 Å². The van der Waals surface area contributed by atoms with Crippen LogP contribution in [0.25, 0.3) is 0 Å². The summed E-state index contributed by atoms with van der Waals surface area (Å²) < 4.78 is 22.8. The van der Waals surface area contributed by atoms with Crippen molar-refractivity contribution in [1.82, 2.24) is 0 Å². The lowest BCUT2D eigenvalue weighted by Crippen LogP contribution is -2.27. The van der Waals surface area contributed by atoms with E-state index in [1.807, 2.05) is 0 Å². The van der Waals surface area contributed by atoms with Crippen LogP contribution in [0.3, 0.4) is 0 Å². The van der Waals surface area contributed by atoms with Crippen LogP contribution in [-0.4, -0.2) is 14.5 Å². The van der Waals surface area contributed by atoms with Crippen LogP contribution < -0.4 is 16.2 Å². The molecule has 112 valence electrons. The quantitative estimate of drug-likeness (QED) is 0.743. The topological polar surface area (TPSA) is 98.2 Å². The van der Waals surface area contributed by atoms with Gasteiger partial charge in [-0.15, -0.1) is 0 Å². The van der Waals surface area contributed by atoms with Crippen LogP contribution in [0.1, 0.15) is 39.0 Å². The van der Waals surface area contributed by atoms with Crippen molar-refractivity contribution in [1.29, 1.82) is 0 Å². The molecule has 1 aromatic carbocycles. The summed E-state index contributed by atoms with van der Waals surface area (Å²) in [6.45, 7) is 2.21. The van der Waals surface area contributed by atoms with Gasteiger partial charge in [0.25, 0.3) is 0 Å². The lowest BCUT2D eigenvalue weighted by molar-refractivity contribution is 0.327. The fraction of sp³-hybridized carbons (Fsp3) is 0.571. The second kappa shape index (κ2) is 6.01. The third-order valence-corrected chi connectivity index (χ3v) is 4.98. The summed E-state index contributed by atoms with van der Waals surface area (Å²) >= 11 is 0. The second-order valence-corrected chi connectivity index (χ2v) is 7.14. The zero-order valence-electron chi connectivity index (χ0n) is 11.8. The fourth-order valence-electron chi connectivity index (χ4n) is 2.85. The average Bonchev–Trinajstić information content (AvgIpc) is 2.40. The minimum absolute atomic E-state index is 0.0945. The monoisotopic (exact) mass is 297 g/mol. The van der Waals surface area contributed by atoms with E-state index in [0.717, 1.165) is 18.8 Å². The molecule has 5 N–H and O–H groups in total. The minimum Gasteiger partial charge on any atom is -0.397 e. The van der Waals surface area contributed by atoms with E-state index in [1.54, 1.807) is 6.07 Å². The number of anilines is 2. The molecule has 0 saturated heterocycles. The second-order valence-electron chi connectivity index (χ2n) is 5.58. The van der Waals surface area contributed by atoms with Crippen LogP contribution in [0.2, 0.25) is 0 Å². The molecule has 1 aliphatic rings. The highest BCUT2D eigenvalue weighted by molar-refractivity contribution is 7.89. The molecule has 0 heterocycles. The smallest absolute Gasteiger partial charge is 0.238 e. The Labute approximate surface area is 120 Å². The van der Waals surface area contributed by atoms with Crippen LogP contribution in [0.5, 0.6) is 0 Å². The highest BCUT2D eigenvalue weighted by Crippen LogP contribution is 2.31. The third kappa shape index (κ3) is 3.64. The SMILES string of the molecule is CCC1CCCC(Nc2cc(S(N)(=O)=O)ccc2N)C1. The molecule has 1 fully saturated rings. The molecule has 20 heavy (non-hydrogen) atoms. The molecule has 0 spiro atoms. The molecule has 1 aromatic rings. The summed E-state index contributed by atoms with van der Waals surface area (Å²) in [5.74, 6) is 0.740. The van der Waals surface area contributed by atoms with Crippen molar-refractivity contribution in [2.45, 2.75) is 50.0 Å². The molecule has 0 amide bonds. The van der Waals surface area contributed by atoms with E-state index in [-0.39, 0.29) is 4.90 Å². The summed E-state index contributed by atoms with van der Waals surface area (Å²) in [5.41, 5.74) is 7.14. The Morgan fingerprint density at radius 2 is 2.10 bits per heavy atom. The Bertz CT molecular complexity index is 572. The predicted octanol–water partition coefficient (Wildman–Crippen LogP) is 2.30. The molecular weight excluding hydrogens is 274 g/mol. The van der Waals surface area contributed by atoms with E-state index in [9.17, 15) is 8.42 Å². The summed E-state index contributed by atoms with van der Waals surface area (Å²) in [6.07, 6.45) is 5.86. The van der Waals surface area contributed by atoms with Gasteiger partial charge in [-0.25, -0.2) is 13.6 Å². The number of hydrogen-bond acceptors (Lipinski definition) is 4. The van der Waals surface area contributed by atoms with Gasteiger partial charge in [-0.2, -0.15) is 0 Å². The van der Waals surface area contributed by atoms with Crippen molar-refractivity contribution in [3.8, 4) is 0 Å². The number of nitrogen functional groups attached to an aromatic ring is 1. The Kier molecular flexibility index (Phi) is 4.55. The van der Waals surface area contributed by atoms with Gasteiger partial charge in [0, 0.05) is 6.04 Å². The molecule has 0 aliphatic heterocycles. The molecule has 2 atom stereocenters. The van der Waals surface area contributed by atoms with Gasteiger partial charge >= 0.3 is 0 Å². The van der Waals surface area contributed by atoms with E-state index in [1.165, 1.54) is 31.4 Å². The molecule has 1 saturated carbocycles. The maximum absolute atomic E-state index is 11.4. The van der Waals surface area contributed by atoms with Crippen molar-refractivity contribution >= 4 is 21.4 Å². The van der Waals surface area contributed by atoms with E-state index < -0.39 is 10.0 Å². The van der Waals surface area contributed by atoms with Gasteiger partial charge in [-0.1, -0.05) is 26.2 Å². The van der Waals surface area contributed by atoms with Gasteiger partial charge in [0.2, 0.25) is 10.0 Å². The van der Waals surface area contributed by atoms with Crippen molar-refractivity contribution < 1.29 is 8.42 Å². The molecule has 0 bridgehead atoms. The van der Waals surface area contributed by atoms with Gasteiger partial charge < -0.3 is 11.1 Å². The van der Waals surface area contributed by atoms with Crippen LogP contribution in [0, 0.1) is 5.92 Å². The highest BCUT2D eigenvalue weighted by Gasteiger charge is 2.21. The normalized spacial score (nSPS) is 23.5. The van der Waals surface area contributed by atoms with Gasteiger partial charge in [-0.3, -0.25) is 0 Å². The van der Waals surface area contributed by atoms with Crippen molar-refractivity contribution in [3.05, 3.63) is 18.2 Å². The number of nitrogens with one attached hydrogen (secondary N) is 1. The lowest BCUT2D eigenvalue weighted by atomic mass is 9.84. The maximum Gasteiger partial charge on any atom is 0.238 e. The first-order valence-electron chi connectivity index (χ1n) is 7.09. The van der Waals surface area contributed by atoms with Crippen molar-refractivity contribution in [2.24, 2.45) is 11.1 Å². The first-order chi connectivity index (χ1) is 9.40. The summed E-state index contributed by atoms with van der Waals surface area (Å²) in [6, 6.07) is 4.90. The fourth-order valence-corrected chi connectivity index (χ4v) is 3.39. The highest BCUT2D eigenvalue weighted by atomic mass is 32.2. The van der Waals surface area contributed by atoms with Crippen LogP contribution in [0.4, 0.5) is 11.4 Å². The molecule has 0 radical (unpaired) electrons. The number of nitrogens with two attached hydrogens (primary N) is 2. The minimum atomic E-state index is -3.69. The number of primary sulfonamides is 1. The Balaban J connectivity index is 2.16. The number of rotatable bonds is 4. The Morgan fingerprint density at radius 3 is 2.75 bits per heavy atom. The predicted molar refractivity (Wildman–Crippen MR) is 81.9 cm³/mol. The standard InChI is InChI=1S/C14H23N3O2S/c1-2-10-4-3-5-11(8-10)17-14-9-12(20(16,18)19)6-7-13(14)15/h6-7,9-11,17H,2-5,8,15H2,1H3,(H2,16,18,19). The molecule has 6 heteroatoms. The van der Waals surface area contributed by atoms with E-state index in [2.05, 4.69) is 12.2 Å². The third-order valence-electron chi connectivity index (χ3n) is 4.07.